The molecule has 0 aromatic heterocycles. The second-order valence-corrected chi connectivity index (χ2v) is 5.62. The molecule has 0 aliphatic carbocycles. The second-order valence-electron chi connectivity index (χ2n) is 5.21. The predicted octanol–water partition coefficient (Wildman–Crippen LogP) is 2.67. The van der Waals surface area contributed by atoms with E-state index in [2.05, 4.69) is 12.1 Å². The third-order valence-corrected chi connectivity index (χ3v) is 4.39. The molecule has 0 spiro atoms. The van der Waals surface area contributed by atoms with Gasteiger partial charge < -0.3 is 10.0 Å². The Morgan fingerprint density at radius 2 is 1.74 bits per heavy atom. The van der Waals surface area contributed by atoms with Crippen LogP contribution in [0.3, 0.4) is 0 Å². The molecule has 1 aromatic carbocycles. The third kappa shape index (κ3) is 2.37. The minimum Gasteiger partial charge on any atom is -0.465 e. The minimum absolute atomic E-state index is 0.573. The first-order chi connectivity index (χ1) is 9.15. The van der Waals surface area contributed by atoms with Crippen molar-refractivity contribution in [2.24, 2.45) is 0 Å². The second kappa shape index (κ2) is 4.93. The lowest BCUT2D eigenvalue weighted by Crippen LogP contribution is -2.31. The van der Waals surface area contributed by atoms with E-state index in [-0.39, 0.29) is 0 Å². The molecule has 2 aliphatic heterocycles. The quantitative estimate of drug-likeness (QED) is 0.743. The molecule has 1 N–H and O–H groups in total. The molecular weight excluding hydrogens is 264 g/mol. The Balaban J connectivity index is 1.92. The fourth-order valence-electron chi connectivity index (χ4n) is 2.96. The van der Waals surface area contributed by atoms with Gasteiger partial charge in [0.05, 0.1) is 5.69 Å². The number of anilines is 1. The Morgan fingerprint density at radius 3 is 2.42 bits per heavy atom. The number of hydrogen-bond donors (Lipinski definition) is 1. The highest BCUT2D eigenvalue weighted by Crippen LogP contribution is 2.32. The smallest absolute Gasteiger partial charge is 0.407 e. The first-order valence-corrected chi connectivity index (χ1v) is 7.05. The molecule has 0 unspecified atom stereocenters. The third-order valence-electron chi connectivity index (χ3n) is 4.04. The van der Waals surface area contributed by atoms with E-state index < -0.39 is 6.09 Å². The van der Waals surface area contributed by atoms with Gasteiger partial charge in [0.15, 0.2) is 0 Å². The molecule has 102 valence electrons. The molecule has 0 saturated heterocycles. The van der Waals surface area contributed by atoms with E-state index in [1.54, 1.807) is 4.42 Å². The van der Waals surface area contributed by atoms with Crippen molar-refractivity contribution in [3.05, 3.63) is 28.8 Å². The number of halogens is 1. The van der Waals surface area contributed by atoms with Crippen molar-refractivity contribution in [1.29, 1.82) is 0 Å². The Hall–Kier alpha value is -1.42. The van der Waals surface area contributed by atoms with Gasteiger partial charge in [-0.15, -0.1) is 0 Å². The van der Waals surface area contributed by atoms with Crippen LogP contribution in [0.2, 0.25) is 0 Å². The molecule has 2 aliphatic rings. The van der Waals surface area contributed by atoms with Crippen LogP contribution in [0.15, 0.2) is 12.1 Å². The Labute approximate surface area is 117 Å². The Morgan fingerprint density at radius 1 is 1.05 bits per heavy atom. The number of nitrogens with zero attached hydrogens (tertiary/aromatic N) is 2. The van der Waals surface area contributed by atoms with Gasteiger partial charge in [-0.3, -0.25) is 4.42 Å². The number of fused-ring (bicyclic) bond motifs is 2. The Kier molecular flexibility index (Phi) is 3.27. The van der Waals surface area contributed by atoms with Gasteiger partial charge in [-0.1, -0.05) is 6.07 Å². The summed E-state index contributed by atoms with van der Waals surface area (Å²) in [6.45, 7) is 2.05. The summed E-state index contributed by atoms with van der Waals surface area (Å²) >= 11 is 6.24. The molecule has 1 amide bonds. The molecule has 1 aromatic rings. The molecule has 3 rings (SSSR count). The largest absolute Gasteiger partial charge is 0.465 e. The highest BCUT2D eigenvalue weighted by atomic mass is 35.5. The van der Waals surface area contributed by atoms with Gasteiger partial charge in [0.25, 0.3) is 0 Å². The van der Waals surface area contributed by atoms with Gasteiger partial charge >= 0.3 is 6.09 Å². The molecule has 19 heavy (non-hydrogen) atoms. The molecule has 0 atom stereocenters. The first-order valence-electron chi connectivity index (χ1n) is 6.71. The van der Waals surface area contributed by atoms with Crippen molar-refractivity contribution in [1.82, 2.24) is 4.90 Å². The summed E-state index contributed by atoms with van der Waals surface area (Å²) in [4.78, 5) is 12.6. The van der Waals surface area contributed by atoms with Crippen LogP contribution in [0.5, 0.6) is 0 Å². The van der Waals surface area contributed by atoms with Gasteiger partial charge in [-0.2, -0.15) is 0 Å². The van der Waals surface area contributed by atoms with Crippen LogP contribution in [0.1, 0.15) is 23.1 Å². The number of carbonyl (C=O) groups is 1. The highest BCUT2D eigenvalue weighted by Gasteiger charge is 2.22. The van der Waals surface area contributed by atoms with Gasteiger partial charge in [0, 0.05) is 31.4 Å². The normalized spacial score (nSPS) is 18.6. The summed E-state index contributed by atoms with van der Waals surface area (Å²) in [6.07, 6.45) is 2.90. The number of benzene rings is 1. The van der Waals surface area contributed by atoms with Crippen LogP contribution in [-0.4, -0.2) is 35.7 Å². The van der Waals surface area contributed by atoms with Crippen LogP contribution < -0.4 is 4.42 Å². The first kappa shape index (κ1) is 12.6. The fourth-order valence-corrected chi connectivity index (χ4v) is 3.24. The SMILES string of the molecule is O=C(O)N1CCc2cc3c(cc2CC1)N(Cl)CCC3. The van der Waals surface area contributed by atoms with E-state index in [1.807, 2.05) is 0 Å². The zero-order chi connectivity index (χ0) is 13.4. The van der Waals surface area contributed by atoms with Crippen molar-refractivity contribution in [3.63, 3.8) is 0 Å². The number of amides is 1. The average Bonchev–Trinajstić information content (AvgIpc) is 2.59. The topological polar surface area (TPSA) is 43.8 Å². The molecule has 0 fully saturated rings. The molecular formula is C14H17ClN2O2. The molecule has 0 saturated carbocycles. The summed E-state index contributed by atoms with van der Waals surface area (Å²) in [6, 6.07) is 4.38. The number of rotatable bonds is 0. The molecule has 2 heterocycles. The number of hydrogen-bond acceptors (Lipinski definition) is 2. The van der Waals surface area contributed by atoms with Crippen molar-refractivity contribution in [2.75, 3.05) is 24.1 Å². The zero-order valence-corrected chi connectivity index (χ0v) is 11.5. The van der Waals surface area contributed by atoms with Crippen LogP contribution in [-0.2, 0) is 19.3 Å². The van der Waals surface area contributed by atoms with Gasteiger partial charge in [-0.05, 0) is 48.4 Å². The monoisotopic (exact) mass is 280 g/mol. The lowest BCUT2D eigenvalue weighted by atomic mass is 9.94. The summed E-state index contributed by atoms with van der Waals surface area (Å²) < 4.78 is 1.79. The zero-order valence-electron chi connectivity index (χ0n) is 10.7. The highest BCUT2D eigenvalue weighted by molar-refractivity contribution is 6.26. The van der Waals surface area contributed by atoms with Crippen LogP contribution in [0.4, 0.5) is 10.5 Å². The molecule has 5 heteroatoms. The van der Waals surface area contributed by atoms with E-state index >= 15 is 0 Å². The van der Waals surface area contributed by atoms with Gasteiger partial charge in [0.2, 0.25) is 0 Å². The summed E-state index contributed by atoms with van der Waals surface area (Å²) in [5.74, 6) is 0. The van der Waals surface area contributed by atoms with E-state index in [9.17, 15) is 4.79 Å². The van der Waals surface area contributed by atoms with Crippen LogP contribution in [0, 0.1) is 0 Å². The van der Waals surface area contributed by atoms with Crippen molar-refractivity contribution < 1.29 is 9.90 Å². The summed E-state index contributed by atoms with van der Waals surface area (Å²) in [5.41, 5.74) is 4.93. The predicted molar refractivity (Wildman–Crippen MR) is 75.0 cm³/mol. The van der Waals surface area contributed by atoms with Gasteiger partial charge in [-0.25, -0.2) is 4.79 Å². The minimum atomic E-state index is -0.823. The fraction of sp³-hybridized carbons (Fsp3) is 0.500. The summed E-state index contributed by atoms with van der Waals surface area (Å²) in [5, 5.41) is 9.09. The lowest BCUT2D eigenvalue weighted by molar-refractivity contribution is 0.147. The van der Waals surface area contributed by atoms with E-state index in [1.165, 1.54) is 21.6 Å². The molecule has 0 radical (unpaired) electrons. The van der Waals surface area contributed by atoms with E-state index in [0.717, 1.165) is 37.9 Å². The summed E-state index contributed by atoms with van der Waals surface area (Å²) in [7, 11) is 0. The standard InChI is InChI=1S/C14H17ClN2O2/c15-17-5-1-2-12-8-10-3-6-16(14(18)19)7-4-11(10)9-13(12)17/h8-9H,1-7H2,(H,18,19). The van der Waals surface area contributed by atoms with E-state index in [4.69, 9.17) is 16.9 Å². The molecule has 4 nitrogen and oxygen atoms in total. The maximum absolute atomic E-state index is 11.1. The lowest BCUT2D eigenvalue weighted by Gasteiger charge is -2.26. The van der Waals surface area contributed by atoms with E-state index in [0.29, 0.717) is 13.1 Å². The maximum atomic E-state index is 11.1. The van der Waals surface area contributed by atoms with Crippen LogP contribution >= 0.6 is 11.8 Å². The number of carboxylic acid groups (broad SMARTS) is 1. The maximum Gasteiger partial charge on any atom is 0.407 e. The van der Waals surface area contributed by atoms with Gasteiger partial charge in [0.1, 0.15) is 0 Å². The van der Waals surface area contributed by atoms with Crippen molar-refractivity contribution in [2.45, 2.75) is 25.7 Å². The average molecular weight is 281 g/mol. The molecule has 0 bridgehead atoms. The Bertz CT molecular complexity index is 518. The van der Waals surface area contributed by atoms with Crippen molar-refractivity contribution >= 4 is 23.6 Å². The van der Waals surface area contributed by atoms with Crippen LogP contribution in [0.25, 0.3) is 0 Å². The number of aryl methyl sites for hydroxylation is 1. The van der Waals surface area contributed by atoms with Crippen molar-refractivity contribution in [3.8, 4) is 0 Å².